The Balaban J connectivity index is 2.06. The standard InChI is InChI=1S/C17H12ClNO2S/c1-10(15-16(20)19-17(21)22-15)11-5-4-6-12(9-11)13-7-2-3-8-14(13)18/h2-9H,1H3,(H,19,20,21)/b15-10-. The lowest BCUT2D eigenvalue weighted by Crippen LogP contribution is -2.18. The third kappa shape index (κ3) is 2.80. The van der Waals surface area contributed by atoms with Gasteiger partial charge in [-0.3, -0.25) is 14.9 Å². The van der Waals surface area contributed by atoms with Crippen molar-refractivity contribution in [1.29, 1.82) is 0 Å². The van der Waals surface area contributed by atoms with Crippen molar-refractivity contribution in [1.82, 2.24) is 5.32 Å². The Kier molecular flexibility index (Phi) is 4.05. The van der Waals surface area contributed by atoms with Gasteiger partial charge in [-0.25, -0.2) is 0 Å². The number of hydrogen-bond acceptors (Lipinski definition) is 3. The fourth-order valence-electron chi connectivity index (χ4n) is 2.31. The van der Waals surface area contributed by atoms with Gasteiger partial charge in [0.05, 0.1) is 4.91 Å². The first-order chi connectivity index (χ1) is 10.6. The summed E-state index contributed by atoms with van der Waals surface area (Å²) in [6.07, 6.45) is 0. The van der Waals surface area contributed by atoms with Gasteiger partial charge < -0.3 is 0 Å². The van der Waals surface area contributed by atoms with Gasteiger partial charge in [0, 0.05) is 10.6 Å². The van der Waals surface area contributed by atoms with Crippen molar-refractivity contribution in [2.75, 3.05) is 0 Å². The Morgan fingerprint density at radius 3 is 2.55 bits per heavy atom. The maximum Gasteiger partial charge on any atom is 0.290 e. The highest BCUT2D eigenvalue weighted by Crippen LogP contribution is 2.34. The number of hydrogen-bond donors (Lipinski definition) is 1. The van der Waals surface area contributed by atoms with Crippen molar-refractivity contribution in [3.63, 3.8) is 0 Å². The van der Waals surface area contributed by atoms with E-state index in [-0.39, 0.29) is 11.1 Å². The molecule has 2 aromatic rings. The smallest absolute Gasteiger partial charge is 0.282 e. The fraction of sp³-hybridized carbons (Fsp3) is 0.0588. The molecule has 0 bridgehead atoms. The summed E-state index contributed by atoms with van der Waals surface area (Å²) in [5.74, 6) is -0.337. The average Bonchev–Trinajstić information content (AvgIpc) is 2.86. The zero-order chi connectivity index (χ0) is 15.7. The second-order valence-electron chi connectivity index (χ2n) is 4.86. The minimum Gasteiger partial charge on any atom is -0.282 e. The third-order valence-corrected chi connectivity index (χ3v) is 4.75. The van der Waals surface area contributed by atoms with Crippen LogP contribution in [0.1, 0.15) is 12.5 Å². The Hall–Kier alpha value is -2.04. The molecule has 2 amide bonds. The summed E-state index contributed by atoms with van der Waals surface area (Å²) in [5, 5.41) is 2.62. The minimum absolute atomic E-state index is 0.332. The lowest BCUT2D eigenvalue weighted by molar-refractivity contribution is -0.115. The number of nitrogens with one attached hydrogen (secondary N) is 1. The van der Waals surface area contributed by atoms with Crippen LogP contribution in [0.3, 0.4) is 0 Å². The number of benzene rings is 2. The molecule has 0 aromatic heterocycles. The van der Waals surface area contributed by atoms with E-state index in [2.05, 4.69) is 5.32 Å². The van der Waals surface area contributed by atoms with Crippen molar-refractivity contribution in [2.45, 2.75) is 6.92 Å². The van der Waals surface area contributed by atoms with Crippen LogP contribution in [0.25, 0.3) is 16.7 Å². The van der Waals surface area contributed by atoms with Gasteiger partial charge in [-0.05, 0) is 47.5 Å². The molecule has 22 heavy (non-hydrogen) atoms. The van der Waals surface area contributed by atoms with E-state index in [1.165, 1.54) is 0 Å². The highest BCUT2D eigenvalue weighted by molar-refractivity contribution is 8.18. The Bertz CT molecular complexity index is 814. The van der Waals surface area contributed by atoms with E-state index < -0.39 is 0 Å². The van der Waals surface area contributed by atoms with Crippen LogP contribution in [0.15, 0.2) is 53.4 Å². The minimum atomic E-state index is -0.337. The van der Waals surface area contributed by atoms with Crippen molar-refractivity contribution < 1.29 is 9.59 Å². The number of imide groups is 1. The van der Waals surface area contributed by atoms with Gasteiger partial charge in [-0.1, -0.05) is 48.0 Å². The normalized spacial score (nSPS) is 16.6. The summed E-state index contributed by atoms with van der Waals surface area (Å²) in [5.41, 5.74) is 3.58. The van der Waals surface area contributed by atoms with E-state index in [0.717, 1.165) is 34.0 Å². The first-order valence-corrected chi connectivity index (χ1v) is 7.85. The van der Waals surface area contributed by atoms with E-state index in [1.807, 2.05) is 55.5 Å². The van der Waals surface area contributed by atoms with E-state index in [0.29, 0.717) is 9.93 Å². The van der Waals surface area contributed by atoms with Crippen LogP contribution in [-0.2, 0) is 4.79 Å². The number of thioether (sulfide) groups is 1. The largest absolute Gasteiger partial charge is 0.290 e. The topological polar surface area (TPSA) is 46.2 Å². The molecule has 1 heterocycles. The fourth-order valence-corrected chi connectivity index (χ4v) is 3.30. The number of amides is 2. The molecule has 0 atom stereocenters. The summed E-state index contributed by atoms with van der Waals surface area (Å²) in [6.45, 7) is 1.84. The van der Waals surface area contributed by atoms with Crippen LogP contribution < -0.4 is 5.32 Å². The summed E-state index contributed by atoms with van der Waals surface area (Å²) < 4.78 is 0. The molecule has 3 rings (SSSR count). The maximum absolute atomic E-state index is 11.8. The van der Waals surface area contributed by atoms with Crippen LogP contribution >= 0.6 is 23.4 Å². The maximum atomic E-state index is 11.8. The zero-order valence-corrected chi connectivity index (χ0v) is 13.3. The van der Waals surface area contributed by atoms with Gasteiger partial charge >= 0.3 is 0 Å². The van der Waals surface area contributed by atoms with Gasteiger partial charge in [0.25, 0.3) is 11.1 Å². The van der Waals surface area contributed by atoms with Crippen LogP contribution in [0.2, 0.25) is 5.02 Å². The van der Waals surface area contributed by atoms with Crippen molar-refractivity contribution in [2.24, 2.45) is 0 Å². The monoisotopic (exact) mass is 329 g/mol. The SMILES string of the molecule is C/C(=C1/SC(=O)NC1=O)c1cccc(-c2ccccc2Cl)c1. The lowest BCUT2D eigenvalue weighted by Gasteiger charge is -2.08. The van der Waals surface area contributed by atoms with Crippen LogP contribution in [0.4, 0.5) is 4.79 Å². The first-order valence-electron chi connectivity index (χ1n) is 6.65. The number of carbonyl (C=O) groups is 2. The quantitative estimate of drug-likeness (QED) is 0.811. The predicted molar refractivity (Wildman–Crippen MR) is 90.6 cm³/mol. The van der Waals surface area contributed by atoms with Gasteiger partial charge in [-0.2, -0.15) is 0 Å². The third-order valence-electron chi connectivity index (χ3n) is 3.44. The molecular formula is C17H12ClNO2S. The second kappa shape index (κ2) is 5.99. The molecule has 110 valence electrons. The highest BCUT2D eigenvalue weighted by Gasteiger charge is 2.27. The molecule has 0 radical (unpaired) electrons. The number of allylic oxidation sites excluding steroid dienone is 1. The van der Waals surface area contributed by atoms with E-state index in [9.17, 15) is 9.59 Å². The summed E-state index contributed by atoms with van der Waals surface area (Å²) in [4.78, 5) is 23.5. The van der Waals surface area contributed by atoms with Crippen LogP contribution in [0, 0.1) is 0 Å². The molecule has 0 unspecified atom stereocenters. The number of halogens is 1. The van der Waals surface area contributed by atoms with Gasteiger partial charge in [0.15, 0.2) is 0 Å². The number of carbonyl (C=O) groups excluding carboxylic acids is 2. The molecule has 1 saturated heterocycles. The molecule has 1 aliphatic rings. The average molecular weight is 330 g/mol. The Morgan fingerprint density at radius 1 is 1.09 bits per heavy atom. The molecule has 2 aromatic carbocycles. The molecule has 1 aliphatic heterocycles. The van der Waals surface area contributed by atoms with Crippen molar-refractivity contribution in [3.05, 3.63) is 64.0 Å². The molecule has 0 spiro atoms. The zero-order valence-electron chi connectivity index (χ0n) is 11.7. The predicted octanol–water partition coefficient (Wildman–Crippen LogP) is 4.72. The molecule has 5 heteroatoms. The summed E-state index contributed by atoms with van der Waals surface area (Å²) in [6, 6.07) is 15.4. The van der Waals surface area contributed by atoms with E-state index in [1.54, 1.807) is 0 Å². The van der Waals surface area contributed by atoms with E-state index >= 15 is 0 Å². The van der Waals surface area contributed by atoms with Crippen LogP contribution in [-0.4, -0.2) is 11.1 Å². The molecule has 1 N–H and O–H groups in total. The Labute approximate surface area is 137 Å². The first kappa shape index (κ1) is 14.9. The molecular weight excluding hydrogens is 318 g/mol. The lowest BCUT2D eigenvalue weighted by atomic mass is 9.99. The van der Waals surface area contributed by atoms with Gasteiger partial charge in [0.2, 0.25) is 0 Å². The van der Waals surface area contributed by atoms with Gasteiger partial charge in [-0.15, -0.1) is 0 Å². The highest BCUT2D eigenvalue weighted by atomic mass is 35.5. The van der Waals surface area contributed by atoms with Crippen molar-refractivity contribution >= 4 is 40.1 Å². The van der Waals surface area contributed by atoms with Crippen LogP contribution in [0.5, 0.6) is 0 Å². The molecule has 0 saturated carbocycles. The number of rotatable bonds is 2. The summed E-state index contributed by atoms with van der Waals surface area (Å²) >= 11 is 7.17. The van der Waals surface area contributed by atoms with Crippen molar-refractivity contribution in [3.8, 4) is 11.1 Å². The van der Waals surface area contributed by atoms with Gasteiger partial charge in [0.1, 0.15) is 0 Å². The summed E-state index contributed by atoms with van der Waals surface area (Å²) in [7, 11) is 0. The van der Waals surface area contributed by atoms with E-state index in [4.69, 9.17) is 11.6 Å². The Morgan fingerprint density at radius 2 is 1.86 bits per heavy atom. The molecule has 0 aliphatic carbocycles. The second-order valence-corrected chi connectivity index (χ2v) is 6.25. The molecule has 1 fully saturated rings. The molecule has 3 nitrogen and oxygen atoms in total.